The zero-order valence-corrected chi connectivity index (χ0v) is 11.8. The van der Waals surface area contributed by atoms with Gasteiger partial charge in [0.1, 0.15) is 5.75 Å². The zero-order valence-electron chi connectivity index (χ0n) is 11.8. The summed E-state index contributed by atoms with van der Waals surface area (Å²) in [5, 5.41) is 7.01. The summed E-state index contributed by atoms with van der Waals surface area (Å²) in [6, 6.07) is 7.80. The molecule has 20 heavy (non-hydrogen) atoms. The third-order valence-electron chi connectivity index (χ3n) is 3.69. The highest BCUT2D eigenvalue weighted by Crippen LogP contribution is 2.38. The van der Waals surface area contributed by atoms with Crippen LogP contribution < -0.4 is 4.74 Å². The fraction of sp³-hybridized carbons (Fsp3) is 0.333. The summed E-state index contributed by atoms with van der Waals surface area (Å²) in [4.78, 5) is 13.9. The van der Waals surface area contributed by atoms with Crippen LogP contribution in [0.1, 0.15) is 40.3 Å². The van der Waals surface area contributed by atoms with E-state index in [9.17, 15) is 4.79 Å². The maximum absolute atomic E-state index is 12.2. The Morgan fingerprint density at radius 2 is 2.05 bits per heavy atom. The second-order valence-electron chi connectivity index (χ2n) is 4.93. The van der Waals surface area contributed by atoms with Gasteiger partial charge in [-0.25, -0.2) is 0 Å². The van der Waals surface area contributed by atoms with Crippen molar-refractivity contribution in [1.29, 1.82) is 0 Å². The van der Waals surface area contributed by atoms with Crippen LogP contribution in [0.5, 0.6) is 5.75 Å². The Bertz CT molecular complexity index is 646. The number of ether oxygens (including phenoxy) is 1. The van der Waals surface area contributed by atoms with E-state index >= 15 is 0 Å². The molecule has 1 aliphatic heterocycles. The molecule has 0 saturated heterocycles. The number of rotatable bonds is 3. The number of aromatic amines is 1. The first-order chi connectivity index (χ1) is 9.63. The Kier molecular flexibility index (Phi) is 2.97. The number of amides is 1. The highest BCUT2D eigenvalue weighted by Gasteiger charge is 2.39. The Labute approximate surface area is 117 Å². The van der Waals surface area contributed by atoms with Gasteiger partial charge in [0.15, 0.2) is 5.69 Å². The molecule has 0 aliphatic carbocycles. The number of fused-ring (bicyclic) bond motifs is 1. The van der Waals surface area contributed by atoms with E-state index in [2.05, 4.69) is 10.2 Å². The molecule has 3 rings (SSSR count). The molecule has 0 fully saturated rings. The molecule has 5 heteroatoms. The van der Waals surface area contributed by atoms with Crippen molar-refractivity contribution in [3.8, 4) is 5.75 Å². The monoisotopic (exact) mass is 271 g/mol. The molecule has 0 spiro atoms. The SMILES string of the molecule is CCOc1ccc([C@@H]2c3c(n[nH]c3C)C(=O)N2C)cc1. The minimum atomic E-state index is -0.0769. The highest BCUT2D eigenvalue weighted by atomic mass is 16.5. The Hall–Kier alpha value is -2.30. The summed E-state index contributed by atoms with van der Waals surface area (Å²) in [6.45, 7) is 4.55. The average molecular weight is 271 g/mol. The van der Waals surface area contributed by atoms with Crippen LogP contribution in [-0.2, 0) is 0 Å². The van der Waals surface area contributed by atoms with Crippen LogP contribution >= 0.6 is 0 Å². The van der Waals surface area contributed by atoms with Crippen LogP contribution in [-0.4, -0.2) is 34.7 Å². The summed E-state index contributed by atoms with van der Waals surface area (Å²) in [7, 11) is 1.81. The molecule has 104 valence electrons. The van der Waals surface area contributed by atoms with Crippen molar-refractivity contribution in [2.45, 2.75) is 19.9 Å². The molecule has 2 heterocycles. The second kappa shape index (κ2) is 4.67. The van der Waals surface area contributed by atoms with Gasteiger partial charge in [0, 0.05) is 18.3 Å². The molecule has 1 aromatic carbocycles. The molecule has 1 aliphatic rings. The van der Waals surface area contributed by atoms with Crippen molar-refractivity contribution in [1.82, 2.24) is 15.1 Å². The second-order valence-corrected chi connectivity index (χ2v) is 4.93. The van der Waals surface area contributed by atoms with E-state index in [1.54, 1.807) is 4.90 Å². The number of hydrogen-bond acceptors (Lipinski definition) is 3. The van der Waals surface area contributed by atoms with Crippen molar-refractivity contribution >= 4 is 5.91 Å². The number of aromatic nitrogens is 2. The van der Waals surface area contributed by atoms with Gasteiger partial charge in [-0.2, -0.15) is 5.10 Å². The molecule has 1 aromatic heterocycles. The van der Waals surface area contributed by atoms with E-state index in [-0.39, 0.29) is 11.9 Å². The molecular weight excluding hydrogens is 254 g/mol. The predicted octanol–water partition coefficient (Wildman–Crippen LogP) is 2.29. The van der Waals surface area contributed by atoms with Gasteiger partial charge in [-0.05, 0) is 31.5 Å². The smallest absolute Gasteiger partial charge is 0.275 e. The van der Waals surface area contributed by atoms with Crippen LogP contribution in [0.15, 0.2) is 24.3 Å². The van der Waals surface area contributed by atoms with Gasteiger partial charge in [0.25, 0.3) is 5.91 Å². The molecule has 5 nitrogen and oxygen atoms in total. The molecule has 2 aromatic rings. The summed E-state index contributed by atoms with van der Waals surface area (Å²) in [5.74, 6) is 0.801. The van der Waals surface area contributed by atoms with Gasteiger partial charge in [-0.3, -0.25) is 9.89 Å². The van der Waals surface area contributed by atoms with Crippen molar-refractivity contribution in [3.63, 3.8) is 0 Å². The van der Waals surface area contributed by atoms with Crippen LogP contribution in [0, 0.1) is 6.92 Å². The maximum atomic E-state index is 12.2. The standard InChI is InChI=1S/C15H17N3O2/c1-4-20-11-7-5-10(6-8-11)14-12-9(2)16-17-13(12)15(19)18(14)3/h5-8,14H,4H2,1-3H3,(H,16,17)/t14-/m1/s1. The van der Waals surface area contributed by atoms with E-state index in [1.165, 1.54) is 0 Å². The first-order valence-corrected chi connectivity index (χ1v) is 6.68. The summed E-state index contributed by atoms with van der Waals surface area (Å²) in [5.41, 5.74) is 3.51. The number of H-pyrrole nitrogens is 1. The highest BCUT2D eigenvalue weighted by molar-refractivity contribution is 5.98. The fourth-order valence-electron chi connectivity index (χ4n) is 2.72. The number of carbonyl (C=O) groups excluding carboxylic acids is 1. The minimum Gasteiger partial charge on any atom is -0.494 e. The first kappa shape index (κ1) is 12.7. The Balaban J connectivity index is 2.01. The molecule has 1 amide bonds. The van der Waals surface area contributed by atoms with Crippen molar-refractivity contribution in [2.24, 2.45) is 0 Å². The predicted molar refractivity (Wildman–Crippen MR) is 74.9 cm³/mol. The lowest BCUT2D eigenvalue weighted by Crippen LogP contribution is -2.24. The number of aryl methyl sites for hydroxylation is 1. The number of benzene rings is 1. The van der Waals surface area contributed by atoms with Crippen molar-refractivity contribution in [3.05, 3.63) is 46.8 Å². The molecule has 0 unspecified atom stereocenters. The van der Waals surface area contributed by atoms with Crippen LogP contribution in [0.25, 0.3) is 0 Å². The summed E-state index contributed by atoms with van der Waals surface area (Å²) in [6.07, 6.45) is 0. The van der Waals surface area contributed by atoms with Crippen LogP contribution in [0.4, 0.5) is 0 Å². The topological polar surface area (TPSA) is 58.2 Å². The fourth-order valence-corrected chi connectivity index (χ4v) is 2.72. The lowest BCUT2D eigenvalue weighted by atomic mass is 9.99. The average Bonchev–Trinajstić information content (AvgIpc) is 2.93. The minimum absolute atomic E-state index is 0.0387. The number of hydrogen-bond donors (Lipinski definition) is 1. The van der Waals surface area contributed by atoms with Gasteiger partial charge < -0.3 is 9.64 Å². The molecule has 1 N–H and O–H groups in total. The van der Waals surface area contributed by atoms with Crippen molar-refractivity contribution in [2.75, 3.05) is 13.7 Å². The maximum Gasteiger partial charge on any atom is 0.275 e. The van der Waals surface area contributed by atoms with Gasteiger partial charge in [0.05, 0.1) is 12.6 Å². The third-order valence-corrected chi connectivity index (χ3v) is 3.69. The van der Waals surface area contributed by atoms with Gasteiger partial charge in [0.2, 0.25) is 0 Å². The van der Waals surface area contributed by atoms with E-state index < -0.39 is 0 Å². The van der Waals surface area contributed by atoms with Crippen LogP contribution in [0.2, 0.25) is 0 Å². The lowest BCUT2D eigenvalue weighted by Gasteiger charge is -2.21. The molecule has 0 bridgehead atoms. The Morgan fingerprint density at radius 3 is 2.70 bits per heavy atom. The largest absolute Gasteiger partial charge is 0.494 e. The van der Waals surface area contributed by atoms with Gasteiger partial charge in [-0.15, -0.1) is 0 Å². The van der Waals surface area contributed by atoms with E-state index in [1.807, 2.05) is 45.2 Å². The van der Waals surface area contributed by atoms with E-state index in [0.29, 0.717) is 12.3 Å². The van der Waals surface area contributed by atoms with E-state index in [4.69, 9.17) is 4.74 Å². The quantitative estimate of drug-likeness (QED) is 0.931. The molecular formula is C15H17N3O2. The first-order valence-electron chi connectivity index (χ1n) is 6.68. The lowest BCUT2D eigenvalue weighted by molar-refractivity contribution is 0.0787. The van der Waals surface area contributed by atoms with Gasteiger partial charge >= 0.3 is 0 Å². The third kappa shape index (κ3) is 1.78. The van der Waals surface area contributed by atoms with Gasteiger partial charge in [-0.1, -0.05) is 12.1 Å². The number of carbonyl (C=O) groups is 1. The zero-order chi connectivity index (χ0) is 14.3. The van der Waals surface area contributed by atoms with Crippen LogP contribution in [0.3, 0.4) is 0 Å². The molecule has 0 radical (unpaired) electrons. The normalized spacial score (nSPS) is 17.4. The van der Waals surface area contributed by atoms with Crippen molar-refractivity contribution < 1.29 is 9.53 Å². The Morgan fingerprint density at radius 1 is 1.35 bits per heavy atom. The molecule has 1 atom stereocenters. The molecule has 0 saturated carbocycles. The summed E-state index contributed by atoms with van der Waals surface area (Å²) < 4.78 is 5.45. The van der Waals surface area contributed by atoms with E-state index in [0.717, 1.165) is 22.6 Å². The number of nitrogens with one attached hydrogen (secondary N) is 1. The summed E-state index contributed by atoms with van der Waals surface area (Å²) >= 11 is 0. The number of nitrogens with zero attached hydrogens (tertiary/aromatic N) is 2.